The Kier molecular flexibility index (Phi) is 1.43. The molecule has 1 atom stereocenters. The highest BCUT2D eigenvalue weighted by Gasteiger charge is 2.19. The molecular formula is C8H9N3. The quantitative estimate of drug-likeness (QED) is 0.585. The van der Waals surface area contributed by atoms with Crippen LogP contribution in [0.15, 0.2) is 29.4 Å². The first-order chi connectivity index (χ1) is 5.42. The van der Waals surface area contributed by atoms with Crippen molar-refractivity contribution in [1.82, 2.24) is 5.32 Å². The number of fused-ring (bicyclic) bond motifs is 1. The molecule has 1 aromatic carbocycles. The topological polar surface area (TPSA) is 48.2 Å². The van der Waals surface area contributed by atoms with E-state index in [2.05, 4.69) is 16.5 Å². The lowest BCUT2D eigenvalue weighted by Gasteiger charge is -2.01. The van der Waals surface area contributed by atoms with Crippen molar-refractivity contribution in [2.75, 3.05) is 0 Å². The molecule has 2 N–H and O–H groups in total. The zero-order valence-electron chi connectivity index (χ0n) is 6.04. The molecule has 0 radical (unpaired) electrons. The minimum atomic E-state index is -0.105. The molecule has 0 saturated heterocycles. The number of hydrogen-bond donors (Lipinski definition) is 2. The van der Waals surface area contributed by atoms with Gasteiger partial charge in [0.05, 0.1) is 0 Å². The second-order valence-corrected chi connectivity index (χ2v) is 2.61. The van der Waals surface area contributed by atoms with Crippen LogP contribution >= 0.6 is 0 Å². The van der Waals surface area contributed by atoms with E-state index in [-0.39, 0.29) is 6.17 Å². The first-order valence-electron chi connectivity index (χ1n) is 3.59. The van der Waals surface area contributed by atoms with Gasteiger partial charge in [-0.2, -0.15) is 5.11 Å². The maximum Gasteiger partial charge on any atom is 0.146 e. The van der Waals surface area contributed by atoms with E-state index in [1.807, 2.05) is 18.2 Å². The van der Waals surface area contributed by atoms with Crippen LogP contribution in [0.1, 0.15) is 17.3 Å². The van der Waals surface area contributed by atoms with Gasteiger partial charge in [0.25, 0.3) is 0 Å². The Morgan fingerprint density at radius 3 is 3.09 bits per heavy atom. The van der Waals surface area contributed by atoms with Gasteiger partial charge in [0.2, 0.25) is 0 Å². The molecule has 0 spiro atoms. The summed E-state index contributed by atoms with van der Waals surface area (Å²) in [7, 11) is 0. The number of nitrogens with one attached hydrogen (secondary N) is 2. The second-order valence-electron chi connectivity index (χ2n) is 2.61. The summed E-state index contributed by atoms with van der Waals surface area (Å²) in [4.78, 5) is 0. The summed E-state index contributed by atoms with van der Waals surface area (Å²) in [6, 6.07) is 8.06. The van der Waals surface area contributed by atoms with Crippen LogP contribution < -0.4 is 5.32 Å². The average Bonchev–Trinajstić information content (AvgIpc) is 2.47. The predicted octanol–water partition coefficient (Wildman–Crippen LogP) is 1.82. The third kappa shape index (κ3) is 0.935. The largest absolute Gasteiger partial charge is 0.286 e. The van der Waals surface area contributed by atoms with Gasteiger partial charge in [-0.15, -0.1) is 0 Å². The molecule has 3 nitrogen and oxygen atoms in total. The van der Waals surface area contributed by atoms with Crippen molar-refractivity contribution in [3.63, 3.8) is 0 Å². The molecule has 2 rings (SSSR count). The summed E-state index contributed by atoms with van der Waals surface area (Å²) < 4.78 is 0. The maximum atomic E-state index is 6.89. The van der Waals surface area contributed by atoms with Crippen molar-refractivity contribution < 1.29 is 0 Å². The van der Waals surface area contributed by atoms with Crippen LogP contribution in [0.3, 0.4) is 0 Å². The molecule has 0 fully saturated rings. The fraction of sp³-hybridized carbons (Fsp3) is 0.250. The van der Waals surface area contributed by atoms with E-state index in [1.54, 1.807) is 0 Å². The molecule has 1 aromatic rings. The minimum absolute atomic E-state index is 0.105. The summed E-state index contributed by atoms with van der Waals surface area (Å²) in [6.45, 7) is 0.837. The highest BCUT2D eigenvalue weighted by molar-refractivity contribution is 5.32. The molecule has 1 unspecified atom stereocenters. The van der Waals surface area contributed by atoms with E-state index >= 15 is 0 Å². The molecule has 0 aliphatic carbocycles. The molecular weight excluding hydrogens is 138 g/mol. The van der Waals surface area contributed by atoms with Gasteiger partial charge in [0, 0.05) is 6.54 Å². The molecule has 3 heteroatoms. The molecule has 0 saturated carbocycles. The summed E-state index contributed by atoms with van der Waals surface area (Å²) in [5.74, 6) is 0. The van der Waals surface area contributed by atoms with Gasteiger partial charge in [-0.3, -0.25) is 5.32 Å². The summed E-state index contributed by atoms with van der Waals surface area (Å²) >= 11 is 0. The van der Waals surface area contributed by atoms with E-state index in [4.69, 9.17) is 5.53 Å². The Balaban J connectivity index is 2.46. The normalized spacial score (nSPS) is 21.3. The van der Waals surface area contributed by atoms with Crippen LogP contribution in [0.5, 0.6) is 0 Å². The first kappa shape index (κ1) is 6.49. The first-order valence-corrected chi connectivity index (χ1v) is 3.59. The van der Waals surface area contributed by atoms with Crippen LogP contribution in [0.2, 0.25) is 0 Å². The monoisotopic (exact) mass is 147 g/mol. The number of nitrogens with zero attached hydrogens (tertiary/aromatic N) is 1. The maximum absolute atomic E-state index is 6.89. The Labute approximate surface area is 64.9 Å². The van der Waals surface area contributed by atoms with E-state index < -0.39 is 0 Å². The van der Waals surface area contributed by atoms with Crippen LogP contribution in [-0.4, -0.2) is 0 Å². The van der Waals surface area contributed by atoms with Gasteiger partial charge in [0.1, 0.15) is 6.17 Å². The molecule has 1 aliphatic rings. The fourth-order valence-corrected chi connectivity index (χ4v) is 1.39. The summed E-state index contributed by atoms with van der Waals surface area (Å²) in [6.07, 6.45) is -0.105. The van der Waals surface area contributed by atoms with Crippen LogP contribution in [0, 0.1) is 5.53 Å². The number of benzene rings is 1. The van der Waals surface area contributed by atoms with Crippen molar-refractivity contribution in [2.24, 2.45) is 5.11 Å². The molecule has 1 heterocycles. The summed E-state index contributed by atoms with van der Waals surface area (Å²) in [5.41, 5.74) is 9.29. The zero-order valence-corrected chi connectivity index (χ0v) is 6.04. The van der Waals surface area contributed by atoms with E-state index in [0.717, 1.165) is 12.1 Å². The van der Waals surface area contributed by atoms with Crippen LogP contribution in [0.25, 0.3) is 0 Å². The Hall–Kier alpha value is -1.22. The lowest BCUT2D eigenvalue weighted by Crippen LogP contribution is -2.08. The van der Waals surface area contributed by atoms with Crippen molar-refractivity contribution in [3.8, 4) is 0 Å². The summed E-state index contributed by atoms with van der Waals surface area (Å²) in [5, 5.41) is 6.59. The molecule has 0 aromatic heterocycles. The lowest BCUT2D eigenvalue weighted by atomic mass is 10.1. The van der Waals surface area contributed by atoms with Gasteiger partial charge in [0.15, 0.2) is 0 Å². The lowest BCUT2D eigenvalue weighted by molar-refractivity contribution is 0.571. The highest BCUT2D eigenvalue weighted by Crippen LogP contribution is 2.24. The fourth-order valence-electron chi connectivity index (χ4n) is 1.39. The smallest absolute Gasteiger partial charge is 0.146 e. The van der Waals surface area contributed by atoms with Gasteiger partial charge in [-0.1, -0.05) is 24.3 Å². The molecule has 1 aliphatic heterocycles. The predicted molar refractivity (Wildman–Crippen MR) is 41.2 cm³/mol. The number of hydrogen-bond acceptors (Lipinski definition) is 3. The van der Waals surface area contributed by atoms with Crippen LogP contribution in [0.4, 0.5) is 0 Å². The Bertz CT molecular complexity index is 282. The van der Waals surface area contributed by atoms with E-state index in [1.165, 1.54) is 5.56 Å². The average molecular weight is 147 g/mol. The SMILES string of the molecule is N=NC1NCc2ccccc21. The third-order valence-corrected chi connectivity index (χ3v) is 1.96. The van der Waals surface area contributed by atoms with Crippen molar-refractivity contribution >= 4 is 0 Å². The zero-order chi connectivity index (χ0) is 7.68. The number of rotatable bonds is 1. The van der Waals surface area contributed by atoms with Gasteiger partial charge < -0.3 is 0 Å². The Morgan fingerprint density at radius 2 is 2.27 bits per heavy atom. The highest BCUT2D eigenvalue weighted by atomic mass is 15.2. The second kappa shape index (κ2) is 2.43. The third-order valence-electron chi connectivity index (χ3n) is 1.96. The Morgan fingerprint density at radius 1 is 1.45 bits per heavy atom. The molecule has 0 amide bonds. The van der Waals surface area contributed by atoms with Gasteiger partial charge in [-0.25, -0.2) is 5.53 Å². The van der Waals surface area contributed by atoms with E-state index in [0.29, 0.717) is 0 Å². The van der Waals surface area contributed by atoms with Gasteiger partial charge in [-0.05, 0) is 11.1 Å². The van der Waals surface area contributed by atoms with Crippen molar-refractivity contribution in [1.29, 1.82) is 5.53 Å². The molecule has 0 bridgehead atoms. The van der Waals surface area contributed by atoms with Crippen molar-refractivity contribution in [2.45, 2.75) is 12.7 Å². The molecule has 11 heavy (non-hydrogen) atoms. The van der Waals surface area contributed by atoms with Crippen LogP contribution in [-0.2, 0) is 6.54 Å². The van der Waals surface area contributed by atoms with Crippen molar-refractivity contribution in [3.05, 3.63) is 35.4 Å². The van der Waals surface area contributed by atoms with Gasteiger partial charge >= 0.3 is 0 Å². The minimum Gasteiger partial charge on any atom is -0.286 e. The molecule has 56 valence electrons. The van der Waals surface area contributed by atoms with E-state index in [9.17, 15) is 0 Å². The standard InChI is InChI=1S/C8H9N3/c9-11-8-7-4-2-1-3-6(7)5-10-8/h1-4,8-10H,5H2.